The van der Waals surface area contributed by atoms with Crippen LogP contribution in [0, 0.1) is 0 Å². The van der Waals surface area contributed by atoms with Crippen molar-refractivity contribution < 1.29 is 23.9 Å². The normalized spacial score (nSPS) is 21.7. The Bertz CT molecular complexity index is 813. The lowest BCUT2D eigenvalue weighted by molar-refractivity contribution is 0.0872. The van der Waals surface area contributed by atoms with Crippen molar-refractivity contribution in [3.8, 4) is 0 Å². The van der Waals surface area contributed by atoms with Gasteiger partial charge in [0.2, 0.25) is 11.6 Å². The van der Waals surface area contributed by atoms with Gasteiger partial charge in [0, 0.05) is 24.8 Å². The minimum Gasteiger partial charge on any atom is -0.445 e. The zero-order valence-electron chi connectivity index (χ0n) is 13.7. The summed E-state index contributed by atoms with van der Waals surface area (Å²) in [5.74, 6) is -0.826. The van der Waals surface area contributed by atoms with Crippen LogP contribution in [0.4, 0.5) is 4.79 Å². The predicted molar refractivity (Wildman–Crippen MR) is 89.3 cm³/mol. The third kappa shape index (κ3) is 2.60. The number of ether oxygens (including phenoxy) is 2. The smallest absolute Gasteiger partial charge is 0.404 e. The average Bonchev–Trinajstić information content (AvgIpc) is 3.01. The molecule has 0 bridgehead atoms. The molecule has 1 aliphatic heterocycles. The standard InChI is InChI=1S/C15H18N4O5.ClH/c1-5-9(17)13(21)8-6(4-24-15(18)22)10-14(23-2)7(16)3-19(10)11(8)12(5)20;/h7,14H,3-4,16-17H2,1-2H3,(H2,18,22);1H. The van der Waals surface area contributed by atoms with Crippen LogP contribution in [0.2, 0.25) is 0 Å². The highest BCUT2D eigenvalue weighted by Gasteiger charge is 2.44. The van der Waals surface area contributed by atoms with Crippen LogP contribution >= 0.6 is 12.4 Å². The Balaban J connectivity index is 0.00000225. The quantitative estimate of drug-likeness (QED) is 0.684. The second-order valence-electron chi connectivity index (χ2n) is 5.82. The van der Waals surface area contributed by atoms with E-state index in [-0.39, 0.29) is 47.3 Å². The Hall–Kier alpha value is -2.36. The van der Waals surface area contributed by atoms with Crippen molar-refractivity contribution in [3.63, 3.8) is 0 Å². The third-order valence-electron chi connectivity index (χ3n) is 4.50. The molecule has 1 amide bonds. The lowest BCUT2D eigenvalue weighted by atomic mass is 9.89. The molecular weight excluding hydrogens is 352 g/mol. The summed E-state index contributed by atoms with van der Waals surface area (Å²) in [6, 6.07) is -0.394. The van der Waals surface area contributed by atoms with E-state index in [4.69, 9.17) is 26.7 Å². The number of methoxy groups -OCH3 is 1. The molecule has 3 rings (SSSR count). The molecule has 1 aliphatic carbocycles. The number of halogens is 1. The van der Waals surface area contributed by atoms with Crippen LogP contribution in [0.3, 0.4) is 0 Å². The number of ketones is 2. The van der Waals surface area contributed by atoms with Crippen molar-refractivity contribution in [2.75, 3.05) is 7.11 Å². The van der Waals surface area contributed by atoms with Gasteiger partial charge < -0.3 is 31.2 Å². The van der Waals surface area contributed by atoms with Gasteiger partial charge in [0.25, 0.3) is 0 Å². The zero-order chi connectivity index (χ0) is 17.8. The highest BCUT2D eigenvalue weighted by Crippen LogP contribution is 2.40. The summed E-state index contributed by atoms with van der Waals surface area (Å²) < 4.78 is 11.9. The summed E-state index contributed by atoms with van der Waals surface area (Å²) in [5, 5.41) is 0. The first kappa shape index (κ1) is 19.0. The number of nitrogens with zero attached hydrogens (tertiary/aromatic N) is 1. The van der Waals surface area contributed by atoms with E-state index < -0.39 is 24.0 Å². The van der Waals surface area contributed by atoms with Gasteiger partial charge in [0.1, 0.15) is 18.4 Å². The number of hydrogen-bond donors (Lipinski definition) is 3. The van der Waals surface area contributed by atoms with Gasteiger partial charge >= 0.3 is 6.09 Å². The molecule has 0 saturated heterocycles. The fourth-order valence-corrected chi connectivity index (χ4v) is 3.37. The van der Waals surface area contributed by atoms with Crippen molar-refractivity contribution in [2.24, 2.45) is 17.2 Å². The predicted octanol–water partition coefficient (Wildman–Crippen LogP) is 0.145. The molecule has 25 heavy (non-hydrogen) atoms. The largest absolute Gasteiger partial charge is 0.445 e. The van der Waals surface area contributed by atoms with Gasteiger partial charge in [-0.1, -0.05) is 0 Å². The van der Waals surface area contributed by atoms with E-state index >= 15 is 0 Å². The summed E-state index contributed by atoms with van der Waals surface area (Å²) in [7, 11) is 1.48. The number of carbonyl (C=O) groups is 3. The van der Waals surface area contributed by atoms with E-state index in [1.165, 1.54) is 14.0 Å². The molecule has 2 unspecified atom stereocenters. The highest BCUT2D eigenvalue weighted by atomic mass is 35.5. The van der Waals surface area contributed by atoms with Crippen molar-refractivity contribution in [1.29, 1.82) is 0 Å². The summed E-state index contributed by atoms with van der Waals surface area (Å²) >= 11 is 0. The van der Waals surface area contributed by atoms with Crippen LogP contribution in [-0.4, -0.2) is 35.4 Å². The number of carbonyl (C=O) groups excluding carboxylic acids is 3. The van der Waals surface area contributed by atoms with Gasteiger partial charge in [0.15, 0.2) is 0 Å². The van der Waals surface area contributed by atoms with Crippen molar-refractivity contribution in [2.45, 2.75) is 32.2 Å². The molecule has 0 spiro atoms. The molecule has 2 heterocycles. The summed E-state index contributed by atoms with van der Waals surface area (Å²) in [6.45, 7) is 1.54. The second kappa shape index (κ2) is 6.51. The molecule has 0 radical (unpaired) electrons. The molecule has 1 aromatic rings. The maximum absolute atomic E-state index is 12.7. The molecule has 2 atom stereocenters. The van der Waals surface area contributed by atoms with E-state index in [0.717, 1.165) is 0 Å². The lowest BCUT2D eigenvalue weighted by Crippen LogP contribution is -2.31. The van der Waals surface area contributed by atoms with Crippen LogP contribution in [0.25, 0.3) is 0 Å². The van der Waals surface area contributed by atoms with Gasteiger partial charge in [-0.2, -0.15) is 0 Å². The van der Waals surface area contributed by atoms with Crippen LogP contribution in [0.1, 0.15) is 45.1 Å². The Morgan fingerprint density at radius 3 is 2.52 bits per heavy atom. The van der Waals surface area contributed by atoms with Gasteiger partial charge in [-0.25, -0.2) is 4.79 Å². The van der Waals surface area contributed by atoms with Gasteiger partial charge in [-0.05, 0) is 6.92 Å². The first-order chi connectivity index (χ1) is 11.3. The molecule has 0 fully saturated rings. The van der Waals surface area contributed by atoms with Gasteiger partial charge in [-0.15, -0.1) is 12.4 Å². The molecule has 10 heteroatoms. The van der Waals surface area contributed by atoms with E-state index in [0.29, 0.717) is 17.8 Å². The van der Waals surface area contributed by atoms with E-state index in [9.17, 15) is 14.4 Å². The molecule has 0 saturated carbocycles. The van der Waals surface area contributed by atoms with E-state index in [1.54, 1.807) is 4.57 Å². The second-order valence-corrected chi connectivity index (χ2v) is 5.82. The first-order valence-electron chi connectivity index (χ1n) is 7.31. The molecule has 9 nitrogen and oxygen atoms in total. The van der Waals surface area contributed by atoms with Crippen LogP contribution in [0.15, 0.2) is 11.3 Å². The van der Waals surface area contributed by atoms with Crippen molar-refractivity contribution >= 4 is 30.1 Å². The van der Waals surface area contributed by atoms with Crippen LogP contribution in [-0.2, 0) is 22.6 Å². The van der Waals surface area contributed by atoms with E-state index in [2.05, 4.69) is 0 Å². The minimum absolute atomic E-state index is 0. The number of nitrogens with two attached hydrogens (primary N) is 3. The number of hydrogen-bond acceptors (Lipinski definition) is 7. The molecule has 2 aliphatic rings. The number of fused-ring (bicyclic) bond motifs is 3. The third-order valence-corrected chi connectivity index (χ3v) is 4.50. The number of primary amides is 1. The monoisotopic (exact) mass is 370 g/mol. The molecule has 0 aromatic carbocycles. The molecule has 6 N–H and O–H groups in total. The lowest BCUT2D eigenvalue weighted by Gasteiger charge is -2.18. The number of Topliss-reactive ketones (excluding diaryl/α,β-unsaturated/α-hetero) is 2. The maximum atomic E-state index is 12.7. The number of aromatic nitrogens is 1. The average molecular weight is 371 g/mol. The Morgan fingerprint density at radius 2 is 1.96 bits per heavy atom. The SMILES string of the molecule is COC1c2c(COC(N)=O)c3c(n2CC1N)C(=O)C(C)=C(N)C3=O.Cl. The number of allylic oxidation sites excluding steroid dienone is 2. The maximum Gasteiger partial charge on any atom is 0.404 e. The minimum atomic E-state index is -0.991. The van der Waals surface area contributed by atoms with Gasteiger partial charge in [0.05, 0.1) is 23.0 Å². The molecule has 136 valence electrons. The van der Waals surface area contributed by atoms with Gasteiger partial charge in [-0.3, -0.25) is 9.59 Å². The first-order valence-corrected chi connectivity index (χ1v) is 7.31. The molecule has 1 aromatic heterocycles. The van der Waals surface area contributed by atoms with Crippen molar-refractivity contribution in [3.05, 3.63) is 33.8 Å². The Morgan fingerprint density at radius 1 is 1.32 bits per heavy atom. The highest BCUT2D eigenvalue weighted by molar-refractivity contribution is 6.26. The fraction of sp³-hybridized carbons (Fsp3) is 0.400. The molecular formula is C15H19ClN4O5. The summed E-state index contributed by atoms with van der Waals surface area (Å²) in [6.07, 6.45) is -1.53. The number of amides is 1. The van der Waals surface area contributed by atoms with Crippen LogP contribution < -0.4 is 17.2 Å². The Kier molecular flexibility index (Phi) is 4.94. The topological polar surface area (TPSA) is 153 Å². The van der Waals surface area contributed by atoms with E-state index in [1.807, 2.05) is 0 Å². The van der Waals surface area contributed by atoms with Crippen molar-refractivity contribution in [1.82, 2.24) is 4.57 Å². The fourth-order valence-electron chi connectivity index (χ4n) is 3.37. The van der Waals surface area contributed by atoms with Crippen LogP contribution in [0.5, 0.6) is 0 Å². The Labute approximate surface area is 149 Å². The summed E-state index contributed by atoms with van der Waals surface area (Å²) in [5.41, 5.74) is 18.2. The number of rotatable bonds is 3. The zero-order valence-corrected chi connectivity index (χ0v) is 14.5. The summed E-state index contributed by atoms with van der Waals surface area (Å²) in [4.78, 5) is 36.3.